The highest BCUT2D eigenvalue weighted by atomic mass is 16.4. The topological polar surface area (TPSA) is 99.9 Å². The molecule has 3 aromatic heterocycles. The van der Waals surface area contributed by atoms with Crippen LogP contribution >= 0.6 is 0 Å². The van der Waals surface area contributed by atoms with Gasteiger partial charge in [0.2, 0.25) is 11.6 Å². The molecular formula is C20H24N6O2. The zero-order valence-corrected chi connectivity index (χ0v) is 15.9. The Morgan fingerprint density at radius 1 is 1.25 bits per heavy atom. The zero-order valence-electron chi connectivity index (χ0n) is 15.9. The number of aromatic nitrogens is 4. The Morgan fingerprint density at radius 2 is 2.11 bits per heavy atom. The van der Waals surface area contributed by atoms with E-state index in [1.807, 2.05) is 25.3 Å². The first kappa shape index (κ1) is 17.2. The molecule has 0 radical (unpaired) electrons. The maximum Gasteiger partial charge on any atom is 0.299 e. The molecule has 146 valence electrons. The van der Waals surface area contributed by atoms with Crippen LogP contribution in [0.25, 0.3) is 11.2 Å². The lowest BCUT2D eigenvalue weighted by Crippen LogP contribution is -2.45. The van der Waals surface area contributed by atoms with Gasteiger partial charge in [-0.2, -0.15) is 10.1 Å². The molecular weight excluding hydrogens is 356 g/mol. The molecule has 1 aliphatic carbocycles. The molecule has 1 fully saturated rings. The van der Waals surface area contributed by atoms with Crippen LogP contribution in [0.2, 0.25) is 0 Å². The van der Waals surface area contributed by atoms with Crippen molar-refractivity contribution in [3.8, 4) is 0 Å². The number of pyridine rings is 1. The largest absolute Gasteiger partial charge is 0.422 e. The van der Waals surface area contributed by atoms with E-state index in [4.69, 9.17) is 4.42 Å². The van der Waals surface area contributed by atoms with Crippen LogP contribution in [0, 0.1) is 12.8 Å². The second kappa shape index (κ2) is 6.92. The number of hydrogen-bond acceptors (Lipinski definition) is 6. The van der Waals surface area contributed by atoms with Crippen LogP contribution in [0.4, 0.5) is 6.01 Å². The van der Waals surface area contributed by atoms with E-state index in [2.05, 4.69) is 30.4 Å². The first-order valence-electron chi connectivity index (χ1n) is 9.96. The van der Waals surface area contributed by atoms with Gasteiger partial charge in [-0.05, 0) is 56.7 Å². The fourth-order valence-electron chi connectivity index (χ4n) is 4.23. The molecule has 8 nitrogen and oxygen atoms in total. The third-order valence-electron chi connectivity index (χ3n) is 5.88. The number of aromatic amines is 1. The summed E-state index contributed by atoms with van der Waals surface area (Å²) in [4.78, 5) is 23.8. The van der Waals surface area contributed by atoms with E-state index in [9.17, 15) is 4.79 Å². The summed E-state index contributed by atoms with van der Waals surface area (Å²) in [6.45, 7) is 3.47. The van der Waals surface area contributed by atoms with Gasteiger partial charge in [-0.3, -0.25) is 9.89 Å². The fourth-order valence-corrected chi connectivity index (χ4v) is 4.23. The summed E-state index contributed by atoms with van der Waals surface area (Å²) in [5, 5.41) is 10.4. The standard InChI is InChI=1S/C20H24N6O2/c1-12-2-5-17-18(22-12)24-20(28-17)26-8-6-13(7-9-26)19(27)23-15-3-4-16-14(10-15)11-21-25-16/h2,5,11,13,15H,3-4,6-10H2,1H3,(H,21,25)(H,23,27). The third kappa shape index (κ3) is 3.23. The summed E-state index contributed by atoms with van der Waals surface area (Å²) >= 11 is 0. The number of carbonyl (C=O) groups is 1. The van der Waals surface area contributed by atoms with Crippen LogP contribution in [0.1, 0.15) is 36.2 Å². The molecule has 2 aliphatic rings. The summed E-state index contributed by atoms with van der Waals surface area (Å²) in [5.41, 5.74) is 4.71. The number of hydrogen-bond donors (Lipinski definition) is 2. The summed E-state index contributed by atoms with van der Waals surface area (Å²) in [6, 6.07) is 4.64. The number of nitrogens with one attached hydrogen (secondary N) is 2. The minimum Gasteiger partial charge on any atom is -0.422 e. The van der Waals surface area contributed by atoms with Gasteiger partial charge in [0.1, 0.15) is 0 Å². The van der Waals surface area contributed by atoms with Gasteiger partial charge >= 0.3 is 0 Å². The van der Waals surface area contributed by atoms with Gasteiger partial charge in [-0.1, -0.05) is 0 Å². The molecule has 3 aromatic rings. The smallest absolute Gasteiger partial charge is 0.299 e. The number of fused-ring (bicyclic) bond motifs is 2. The van der Waals surface area contributed by atoms with Gasteiger partial charge in [0.05, 0.1) is 6.20 Å². The summed E-state index contributed by atoms with van der Waals surface area (Å²) in [5.74, 6) is 0.221. The lowest BCUT2D eigenvalue weighted by molar-refractivity contribution is -0.126. The predicted molar refractivity (Wildman–Crippen MR) is 104 cm³/mol. The number of aryl methyl sites for hydroxylation is 2. The van der Waals surface area contributed by atoms with Gasteiger partial charge in [-0.15, -0.1) is 0 Å². The van der Waals surface area contributed by atoms with Crippen LogP contribution < -0.4 is 10.2 Å². The van der Waals surface area contributed by atoms with Crippen LogP contribution in [0.5, 0.6) is 0 Å². The summed E-state index contributed by atoms with van der Waals surface area (Å²) in [6.07, 6.45) is 6.27. The number of anilines is 1. The molecule has 28 heavy (non-hydrogen) atoms. The van der Waals surface area contributed by atoms with E-state index in [1.165, 1.54) is 11.3 Å². The average molecular weight is 380 g/mol. The van der Waals surface area contributed by atoms with E-state index < -0.39 is 0 Å². The lowest BCUT2D eigenvalue weighted by atomic mass is 9.91. The Hall–Kier alpha value is -2.90. The molecule has 0 saturated carbocycles. The van der Waals surface area contributed by atoms with Crippen molar-refractivity contribution in [2.45, 2.75) is 45.1 Å². The molecule has 1 unspecified atom stereocenters. The molecule has 0 bridgehead atoms. The maximum absolute atomic E-state index is 12.7. The summed E-state index contributed by atoms with van der Waals surface area (Å²) in [7, 11) is 0. The van der Waals surface area contributed by atoms with Crippen molar-refractivity contribution < 1.29 is 9.21 Å². The van der Waals surface area contributed by atoms with Crippen LogP contribution in [0.15, 0.2) is 22.7 Å². The number of rotatable bonds is 3. The molecule has 1 aliphatic heterocycles. The number of piperidine rings is 1. The zero-order chi connectivity index (χ0) is 19.1. The molecule has 8 heteroatoms. The number of amides is 1. The highest BCUT2D eigenvalue weighted by Crippen LogP contribution is 2.26. The number of H-pyrrole nitrogens is 1. The van der Waals surface area contributed by atoms with Crippen LogP contribution in [0.3, 0.4) is 0 Å². The highest BCUT2D eigenvalue weighted by molar-refractivity contribution is 5.79. The first-order chi connectivity index (χ1) is 13.7. The second-order valence-corrected chi connectivity index (χ2v) is 7.85. The number of oxazole rings is 1. The van der Waals surface area contributed by atoms with Gasteiger partial charge in [0.25, 0.3) is 6.01 Å². The van der Waals surface area contributed by atoms with Crippen LogP contribution in [-0.4, -0.2) is 45.2 Å². The minimum absolute atomic E-state index is 0.0479. The predicted octanol–water partition coefficient (Wildman–Crippen LogP) is 2.14. The molecule has 2 N–H and O–H groups in total. The lowest BCUT2D eigenvalue weighted by Gasteiger charge is -2.31. The number of carbonyl (C=O) groups excluding carboxylic acids is 1. The quantitative estimate of drug-likeness (QED) is 0.722. The Bertz CT molecular complexity index is 1000. The molecule has 0 spiro atoms. The highest BCUT2D eigenvalue weighted by Gasteiger charge is 2.29. The normalized spacial score (nSPS) is 20.3. The van der Waals surface area contributed by atoms with Gasteiger partial charge in [-0.25, -0.2) is 4.98 Å². The van der Waals surface area contributed by atoms with Crippen molar-refractivity contribution in [1.29, 1.82) is 0 Å². The molecule has 5 rings (SSSR count). The SMILES string of the molecule is Cc1ccc2oc(N3CCC(C(=O)NC4CCc5[nH]ncc5C4)CC3)nc2n1. The maximum atomic E-state index is 12.7. The third-order valence-corrected chi connectivity index (χ3v) is 5.88. The first-order valence-corrected chi connectivity index (χ1v) is 9.96. The monoisotopic (exact) mass is 380 g/mol. The molecule has 1 atom stereocenters. The van der Waals surface area contributed by atoms with E-state index in [1.54, 1.807) is 0 Å². The van der Waals surface area contributed by atoms with Gasteiger partial charge in [0, 0.05) is 36.4 Å². The molecule has 1 saturated heterocycles. The fraction of sp³-hybridized carbons (Fsp3) is 0.500. The Kier molecular flexibility index (Phi) is 4.26. The van der Waals surface area contributed by atoms with Crippen molar-refractivity contribution in [1.82, 2.24) is 25.5 Å². The van der Waals surface area contributed by atoms with Crippen molar-refractivity contribution >= 4 is 23.2 Å². The van der Waals surface area contributed by atoms with Gasteiger partial charge < -0.3 is 14.6 Å². The number of nitrogens with zero attached hydrogens (tertiary/aromatic N) is 4. The van der Waals surface area contributed by atoms with E-state index in [-0.39, 0.29) is 17.9 Å². The van der Waals surface area contributed by atoms with Crippen LogP contribution in [-0.2, 0) is 17.6 Å². The molecule has 1 amide bonds. The Balaban J connectivity index is 1.18. The van der Waals surface area contributed by atoms with E-state index >= 15 is 0 Å². The Morgan fingerprint density at radius 3 is 2.96 bits per heavy atom. The molecule has 4 heterocycles. The van der Waals surface area contributed by atoms with Crippen molar-refractivity contribution in [3.63, 3.8) is 0 Å². The van der Waals surface area contributed by atoms with Crippen molar-refractivity contribution in [2.24, 2.45) is 5.92 Å². The second-order valence-electron chi connectivity index (χ2n) is 7.85. The van der Waals surface area contributed by atoms with E-state index in [0.717, 1.165) is 50.9 Å². The van der Waals surface area contributed by atoms with Crippen molar-refractivity contribution in [2.75, 3.05) is 18.0 Å². The van der Waals surface area contributed by atoms with Crippen molar-refractivity contribution in [3.05, 3.63) is 35.3 Å². The van der Waals surface area contributed by atoms with Gasteiger partial charge in [0.15, 0.2) is 5.58 Å². The van der Waals surface area contributed by atoms with E-state index in [0.29, 0.717) is 17.2 Å². The average Bonchev–Trinajstić information content (AvgIpc) is 3.34. The summed E-state index contributed by atoms with van der Waals surface area (Å²) < 4.78 is 5.85. The Labute approximate surface area is 162 Å². The minimum atomic E-state index is 0.0479. The molecule has 0 aromatic carbocycles.